The zero-order chi connectivity index (χ0) is 26.9. The van der Waals surface area contributed by atoms with E-state index in [0.29, 0.717) is 43.6 Å². The van der Waals surface area contributed by atoms with Crippen LogP contribution in [-0.2, 0) is 11.3 Å². The Morgan fingerprint density at radius 2 is 2.03 bits per heavy atom. The van der Waals surface area contributed by atoms with Gasteiger partial charge in [-0.2, -0.15) is 18.3 Å². The Labute approximate surface area is 219 Å². The Hall–Kier alpha value is -3.26. The Morgan fingerprint density at radius 1 is 1.24 bits per heavy atom. The third-order valence-corrected chi connectivity index (χ3v) is 7.41. The third-order valence-electron chi connectivity index (χ3n) is 6.15. The van der Waals surface area contributed by atoms with Crippen molar-refractivity contribution >= 4 is 16.9 Å². The summed E-state index contributed by atoms with van der Waals surface area (Å²) in [6.45, 7) is 4.78. The second kappa shape index (κ2) is 10.8. The number of aliphatic hydroxyl groups is 1. The van der Waals surface area contributed by atoms with Gasteiger partial charge in [0.25, 0.3) is 5.56 Å². The van der Waals surface area contributed by atoms with Gasteiger partial charge in [0.05, 0.1) is 53.4 Å². The van der Waals surface area contributed by atoms with Crippen molar-refractivity contribution in [2.45, 2.75) is 25.7 Å². The lowest BCUT2D eigenvalue weighted by atomic mass is 10.1. The van der Waals surface area contributed by atoms with E-state index < -0.39 is 24.4 Å². The SMILES string of the molecule is CC(O)c1sc(-c2cnn3cc(OCCN4CCOCC4)ccc23)nc1-c1ccn(CC(F)(F)F)c(=O)c1. The number of rotatable bonds is 8. The first-order chi connectivity index (χ1) is 18.2. The number of hydrogen-bond donors (Lipinski definition) is 1. The molecule has 13 heteroatoms. The van der Waals surface area contributed by atoms with Crippen LogP contribution in [0.15, 0.2) is 47.7 Å². The van der Waals surface area contributed by atoms with Crippen LogP contribution in [0.5, 0.6) is 5.75 Å². The van der Waals surface area contributed by atoms with Crippen molar-refractivity contribution in [1.82, 2.24) is 24.1 Å². The average Bonchev–Trinajstić information content (AvgIpc) is 3.50. The highest BCUT2D eigenvalue weighted by Crippen LogP contribution is 2.38. The first-order valence-electron chi connectivity index (χ1n) is 12.0. The summed E-state index contributed by atoms with van der Waals surface area (Å²) in [5.74, 6) is 0.671. The molecule has 0 saturated carbocycles. The maximum atomic E-state index is 12.7. The molecular weight excluding hydrogens is 523 g/mol. The van der Waals surface area contributed by atoms with Crippen molar-refractivity contribution in [3.05, 3.63) is 58.1 Å². The monoisotopic (exact) mass is 549 g/mol. The molecule has 0 radical (unpaired) electrons. The molecule has 38 heavy (non-hydrogen) atoms. The summed E-state index contributed by atoms with van der Waals surface area (Å²) in [7, 11) is 0. The van der Waals surface area contributed by atoms with Crippen molar-refractivity contribution in [1.29, 1.82) is 0 Å². The summed E-state index contributed by atoms with van der Waals surface area (Å²) in [5, 5.41) is 15.4. The number of ether oxygens (including phenoxy) is 2. The molecule has 1 unspecified atom stereocenters. The number of pyridine rings is 2. The zero-order valence-electron chi connectivity index (χ0n) is 20.5. The largest absolute Gasteiger partial charge is 0.491 e. The molecule has 202 valence electrons. The number of hydrogen-bond acceptors (Lipinski definition) is 8. The van der Waals surface area contributed by atoms with Gasteiger partial charge in [0, 0.05) is 37.5 Å². The van der Waals surface area contributed by atoms with Gasteiger partial charge in [0.1, 0.15) is 23.9 Å². The highest BCUT2D eigenvalue weighted by atomic mass is 32.1. The number of aromatic nitrogens is 4. The van der Waals surface area contributed by atoms with Crippen molar-refractivity contribution in [2.75, 3.05) is 39.5 Å². The van der Waals surface area contributed by atoms with E-state index in [1.807, 2.05) is 12.1 Å². The molecule has 5 rings (SSSR count). The molecule has 1 saturated heterocycles. The summed E-state index contributed by atoms with van der Waals surface area (Å²) in [6.07, 6.45) is -0.889. The number of fused-ring (bicyclic) bond motifs is 1. The Morgan fingerprint density at radius 3 is 2.74 bits per heavy atom. The van der Waals surface area contributed by atoms with Gasteiger partial charge in [-0.25, -0.2) is 9.50 Å². The normalized spacial score (nSPS) is 15.7. The fraction of sp³-hybridized carbons (Fsp3) is 0.400. The van der Waals surface area contributed by atoms with Crippen LogP contribution in [0.1, 0.15) is 17.9 Å². The summed E-state index contributed by atoms with van der Waals surface area (Å²) in [6, 6.07) is 6.22. The summed E-state index contributed by atoms with van der Waals surface area (Å²) < 4.78 is 51.8. The van der Waals surface area contributed by atoms with Crippen LogP contribution >= 0.6 is 11.3 Å². The molecule has 9 nitrogen and oxygen atoms in total. The van der Waals surface area contributed by atoms with Gasteiger partial charge < -0.3 is 19.1 Å². The molecule has 1 atom stereocenters. The highest BCUT2D eigenvalue weighted by Gasteiger charge is 2.28. The van der Waals surface area contributed by atoms with E-state index in [0.717, 1.165) is 50.6 Å². The lowest BCUT2D eigenvalue weighted by molar-refractivity contribution is -0.141. The van der Waals surface area contributed by atoms with Gasteiger partial charge in [0.15, 0.2) is 0 Å². The smallest absolute Gasteiger partial charge is 0.406 e. The number of aliphatic hydroxyl groups excluding tert-OH is 1. The van der Waals surface area contributed by atoms with E-state index in [9.17, 15) is 23.1 Å². The third kappa shape index (κ3) is 5.90. The standard InChI is InChI=1S/C25H26F3N5O4S/c1-16(34)23-22(17-4-5-32(21(35)12-17)15-25(26,27)28)30-24(38-23)19-13-29-33-14-18(2-3-20(19)33)37-11-8-31-6-9-36-10-7-31/h2-5,12-14,16,34H,6-11,15H2,1H3. The number of morpholine rings is 1. The average molecular weight is 550 g/mol. The molecule has 1 aliphatic rings. The summed E-state index contributed by atoms with van der Waals surface area (Å²) in [5.41, 5.74) is 1.36. The fourth-order valence-electron chi connectivity index (χ4n) is 4.25. The first-order valence-corrected chi connectivity index (χ1v) is 12.9. The molecule has 5 heterocycles. The molecule has 1 N–H and O–H groups in total. The lowest BCUT2D eigenvalue weighted by Crippen LogP contribution is -2.38. The lowest BCUT2D eigenvalue weighted by Gasteiger charge is -2.26. The van der Waals surface area contributed by atoms with Crippen LogP contribution in [0.4, 0.5) is 13.2 Å². The Bertz CT molecular complexity index is 1470. The molecule has 0 bridgehead atoms. The van der Waals surface area contributed by atoms with Gasteiger partial charge in [-0.15, -0.1) is 11.3 Å². The molecule has 1 aliphatic heterocycles. The topological polar surface area (TPSA) is 94.1 Å². The van der Waals surface area contributed by atoms with E-state index in [4.69, 9.17) is 9.47 Å². The molecule has 0 aliphatic carbocycles. The zero-order valence-corrected chi connectivity index (χ0v) is 21.3. The minimum atomic E-state index is -4.51. The first kappa shape index (κ1) is 26.4. The van der Waals surface area contributed by atoms with Gasteiger partial charge in [0.2, 0.25) is 0 Å². The van der Waals surface area contributed by atoms with Gasteiger partial charge in [-0.3, -0.25) is 9.69 Å². The van der Waals surface area contributed by atoms with Crippen molar-refractivity contribution in [3.63, 3.8) is 0 Å². The molecular formula is C25H26F3N5O4S. The van der Waals surface area contributed by atoms with Crippen LogP contribution in [0.25, 0.3) is 27.3 Å². The van der Waals surface area contributed by atoms with Crippen molar-refractivity contribution in [2.24, 2.45) is 0 Å². The van der Waals surface area contributed by atoms with E-state index in [-0.39, 0.29) is 0 Å². The quantitative estimate of drug-likeness (QED) is 0.359. The predicted molar refractivity (Wildman–Crippen MR) is 135 cm³/mol. The second-order valence-electron chi connectivity index (χ2n) is 8.96. The van der Waals surface area contributed by atoms with Crippen LogP contribution in [-0.4, -0.2) is 74.8 Å². The Balaban J connectivity index is 1.38. The van der Waals surface area contributed by atoms with Gasteiger partial charge in [-0.1, -0.05) is 0 Å². The van der Waals surface area contributed by atoms with Crippen LogP contribution in [0.3, 0.4) is 0 Å². The molecule has 4 aromatic heterocycles. The number of alkyl halides is 3. The fourth-order valence-corrected chi connectivity index (χ4v) is 5.29. The predicted octanol–water partition coefficient (Wildman–Crippen LogP) is 3.61. The minimum absolute atomic E-state index is 0.333. The molecule has 0 aromatic carbocycles. The van der Waals surface area contributed by atoms with Crippen molar-refractivity contribution in [3.8, 4) is 27.6 Å². The van der Waals surface area contributed by atoms with Gasteiger partial charge in [-0.05, 0) is 25.1 Å². The molecule has 1 fully saturated rings. The summed E-state index contributed by atoms with van der Waals surface area (Å²) in [4.78, 5) is 19.8. The number of thiazole rings is 1. The van der Waals surface area contributed by atoms with Crippen LogP contribution in [0.2, 0.25) is 0 Å². The van der Waals surface area contributed by atoms with E-state index >= 15 is 0 Å². The van der Waals surface area contributed by atoms with Crippen molar-refractivity contribution < 1.29 is 27.8 Å². The molecule has 4 aromatic rings. The Kier molecular flexibility index (Phi) is 7.52. The minimum Gasteiger partial charge on any atom is -0.491 e. The maximum absolute atomic E-state index is 12.7. The molecule has 0 amide bonds. The van der Waals surface area contributed by atoms with E-state index in [1.165, 1.54) is 17.4 Å². The maximum Gasteiger partial charge on any atom is 0.406 e. The highest BCUT2D eigenvalue weighted by molar-refractivity contribution is 7.15. The number of nitrogens with zero attached hydrogens (tertiary/aromatic N) is 5. The van der Waals surface area contributed by atoms with Crippen LogP contribution in [0, 0.1) is 0 Å². The van der Waals surface area contributed by atoms with Crippen LogP contribution < -0.4 is 10.3 Å². The van der Waals surface area contributed by atoms with Gasteiger partial charge >= 0.3 is 6.18 Å². The van der Waals surface area contributed by atoms with E-state index in [1.54, 1.807) is 23.8 Å². The second-order valence-corrected chi connectivity index (χ2v) is 9.99. The molecule has 0 spiro atoms. The number of halogens is 3. The van der Waals surface area contributed by atoms with E-state index in [2.05, 4.69) is 15.0 Å². The summed E-state index contributed by atoms with van der Waals surface area (Å²) >= 11 is 1.24.